The molecular formula is C16H21NO4. The summed E-state index contributed by atoms with van der Waals surface area (Å²) in [7, 11) is 1.26. The molecular weight excluding hydrogens is 270 g/mol. The molecule has 5 heteroatoms. The van der Waals surface area contributed by atoms with Gasteiger partial charge in [0.25, 0.3) is 5.91 Å². The minimum absolute atomic E-state index is 0.0375. The fraction of sp³-hybridized carbons (Fsp3) is 0.438. The average Bonchev–Trinajstić information content (AvgIpc) is 2.40. The van der Waals surface area contributed by atoms with Crippen molar-refractivity contribution < 1.29 is 19.1 Å². The van der Waals surface area contributed by atoms with E-state index in [4.69, 9.17) is 0 Å². The van der Waals surface area contributed by atoms with Gasteiger partial charge in [0.1, 0.15) is 11.8 Å². The monoisotopic (exact) mass is 291 g/mol. The number of ether oxygens (including phenoxy) is 1. The number of hydrogen-bond acceptors (Lipinski definition) is 4. The van der Waals surface area contributed by atoms with Crippen LogP contribution in [0.15, 0.2) is 18.2 Å². The number of methoxy groups -OCH3 is 1. The van der Waals surface area contributed by atoms with Crippen LogP contribution in [0.2, 0.25) is 0 Å². The summed E-state index contributed by atoms with van der Waals surface area (Å²) in [6.45, 7) is 5.24. The summed E-state index contributed by atoms with van der Waals surface area (Å²) in [6.07, 6.45) is 0.450. The van der Waals surface area contributed by atoms with Crippen molar-refractivity contribution in [1.29, 1.82) is 0 Å². The number of esters is 1. The third-order valence-corrected chi connectivity index (χ3v) is 3.06. The van der Waals surface area contributed by atoms with E-state index in [-0.39, 0.29) is 24.5 Å². The van der Waals surface area contributed by atoms with Crippen molar-refractivity contribution in [2.45, 2.75) is 39.7 Å². The molecule has 1 aromatic rings. The summed E-state index contributed by atoms with van der Waals surface area (Å²) >= 11 is 0. The first-order chi connectivity index (χ1) is 9.83. The smallest absolute Gasteiger partial charge is 0.328 e. The molecule has 0 heterocycles. The summed E-state index contributed by atoms with van der Waals surface area (Å²) < 4.78 is 4.66. The lowest BCUT2D eigenvalue weighted by Gasteiger charge is -2.16. The summed E-state index contributed by atoms with van der Waals surface area (Å²) in [6, 6.07) is 4.65. The molecule has 21 heavy (non-hydrogen) atoms. The molecule has 5 nitrogen and oxygen atoms in total. The zero-order chi connectivity index (χ0) is 16.0. The van der Waals surface area contributed by atoms with Crippen LogP contribution < -0.4 is 5.32 Å². The Hall–Kier alpha value is -2.17. The van der Waals surface area contributed by atoms with Gasteiger partial charge in [0.05, 0.1) is 7.11 Å². The Morgan fingerprint density at radius 3 is 2.19 bits per heavy atom. The fourth-order valence-corrected chi connectivity index (χ4v) is 2.09. The molecule has 0 bridgehead atoms. The summed E-state index contributed by atoms with van der Waals surface area (Å²) in [5.74, 6) is -0.931. The second kappa shape index (κ2) is 7.57. The zero-order valence-corrected chi connectivity index (χ0v) is 12.9. The van der Waals surface area contributed by atoms with Crippen LogP contribution in [0.4, 0.5) is 0 Å². The second-order valence-corrected chi connectivity index (χ2v) is 5.17. The first-order valence-electron chi connectivity index (χ1n) is 6.80. The van der Waals surface area contributed by atoms with Crippen LogP contribution >= 0.6 is 0 Å². The number of carbonyl (C=O) groups excluding carboxylic acids is 3. The van der Waals surface area contributed by atoms with Crippen LogP contribution in [0.5, 0.6) is 0 Å². The van der Waals surface area contributed by atoms with Gasteiger partial charge < -0.3 is 14.8 Å². The number of nitrogens with one attached hydrogen (secondary N) is 1. The third kappa shape index (κ3) is 5.38. The van der Waals surface area contributed by atoms with Gasteiger partial charge in [-0.05, 0) is 39.3 Å². The van der Waals surface area contributed by atoms with E-state index in [1.165, 1.54) is 14.0 Å². The number of amides is 1. The topological polar surface area (TPSA) is 72.5 Å². The Balaban J connectivity index is 2.83. The Labute approximate surface area is 124 Å². The maximum Gasteiger partial charge on any atom is 0.328 e. The molecule has 0 spiro atoms. The Morgan fingerprint density at radius 2 is 1.71 bits per heavy atom. The molecule has 0 fully saturated rings. The fourth-order valence-electron chi connectivity index (χ4n) is 2.09. The highest BCUT2D eigenvalue weighted by Gasteiger charge is 2.22. The SMILES string of the molecule is COC(=O)[C@H](CCC(C)=O)NC(=O)c1cc(C)cc(C)c1. The standard InChI is InChI=1S/C16H21NO4/c1-10-7-11(2)9-13(8-10)15(19)17-14(16(20)21-4)6-5-12(3)18/h7-9,14H,5-6H2,1-4H3,(H,17,19)/t14-/m0/s1. The number of ketones is 1. The van der Waals surface area contributed by atoms with Crippen molar-refractivity contribution in [3.8, 4) is 0 Å². The maximum absolute atomic E-state index is 12.2. The van der Waals surface area contributed by atoms with Crippen molar-refractivity contribution >= 4 is 17.7 Å². The highest BCUT2D eigenvalue weighted by molar-refractivity contribution is 5.97. The molecule has 1 N–H and O–H groups in total. The number of carbonyl (C=O) groups is 3. The highest BCUT2D eigenvalue weighted by Crippen LogP contribution is 2.10. The predicted molar refractivity (Wildman–Crippen MR) is 79.1 cm³/mol. The molecule has 1 atom stereocenters. The van der Waals surface area contributed by atoms with Crippen molar-refractivity contribution in [3.05, 3.63) is 34.9 Å². The lowest BCUT2D eigenvalue weighted by Crippen LogP contribution is -2.41. The van der Waals surface area contributed by atoms with E-state index < -0.39 is 12.0 Å². The highest BCUT2D eigenvalue weighted by atomic mass is 16.5. The molecule has 0 radical (unpaired) electrons. The molecule has 0 aliphatic heterocycles. The van der Waals surface area contributed by atoms with Gasteiger partial charge in [0, 0.05) is 12.0 Å². The maximum atomic E-state index is 12.2. The van der Waals surface area contributed by atoms with Gasteiger partial charge in [0.15, 0.2) is 0 Å². The van der Waals surface area contributed by atoms with E-state index in [2.05, 4.69) is 10.1 Å². The first kappa shape index (κ1) is 16.9. The molecule has 0 saturated heterocycles. The third-order valence-electron chi connectivity index (χ3n) is 3.06. The molecule has 0 aliphatic rings. The van der Waals surface area contributed by atoms with Crippen LogP contribution in [0.3, 0.4) is 0 Å². The van der Waals surface area contributed by atoms with E-state index in [1.54, 1.807) is 12.1 Å². The Morgan fingerprint density at radius 1 is 1.14 bits per heavy atom. The zero-order valence-electron chi connectivity index (χ0n) is 12.9. The van der Waals surface area contributed by atoms with Crippen molar-refractivity contribution in [2.24, 2.45) is 0 Å². The minimum atomic E-state index is -0.813. The molecule has 1 amide bonds. The van der Waals surface area contributed by atoms with Gasteiger partial charge in [-0.2, -0.15) is 0 Å². The molecule has 0 unspecified atom stereocenters. The number of hydrogen-bond donors (Lipinski definition) is 1. The molecule has 114 valence electrons. The van der Waals surface area contributed by atoms with E-state index in [0.717, 1.165) is 11.1 Å². The van der Waals surface area contributed by atoms with E-state index in [0.29, 0.717) is 5.56 Å². The molecule has 0 aromatic heterocycles. The number of rotatable bonds is 6. The number of benzene rings is 1. The normalized spacial score (nSPS) is 11.6. The number of aryl methyl sites for hydroxylation is 2. The van der Waals surface area contributed by atoms with Gasteiger partial charge in [0.2, 0.25) is 0 Å². The van der Waals surface area contributed by atoms with Crippen LogP contribution in [0, 0.1) is 13.8 Å². The second-order valence-electron chi connectivity index (χ2n) is 5.17. The quantitative estimate of drug-likeness (QED) is 0.813. The lowest BCUT2D eigenvalue weighted by atomic mass is 10.1. The summed E-state index contributed by atoms with van der Waals surface area (Å²) in [4.78, 5) is 34.9. The van der Waals surface area contributed by atoms with Crippen LogP contribution in [0.25, 0.3) is 0 Å². The van der Waals surface area contributed by atoms with Gasteiger partial charge in [-0.25, -0.2) is 4.79 Å². The Kier molecular flexibility index (Phi) is 6.09. The van der Waals surface area contributed by atoms with Gasteiger partial charge in [-0.3, -0.25) is 4.79 Å². The van der Waals surface area contributed by atoms with Crippen LogP contribution in [-0.4, -0.2) is 30.8 Å². The molecule has 0 saturated carbocycles. The van der Waals surface area contributed by atoms with E-state index in [1.807, 2.05) is 19.9 Å². The average molecular weight is 291 g/mol. The summed E-state index contributed by atoms with van der Waals surface area (Å²) in [5, 5.41) is 2.63. The van der Waals surface area contributed by atoms with Crippen LogP contribution in [0.1, 0.15) is 41.3 Å². The minimum Gasteiger partial charge on any atom is -0.467 e. The van der Waals surface area contributed by atoms with Crippen molar-refractivity contribution in [2.75, 3.05) is 7.11 Å². The largest absolute Gasteiger partial charge is 0.467 e. The predicted octanol–water partition coefficient (Wildman–Crippen LogP) is 1.94. The van der Waals surface area contributed by atoms with Gasteiger partial charge in [-0.1, -0.05) is 17.2 Å². The first-order valence-corrected chi connectivity index (χ1v) is 6.80. The van der Waals surface area contributed by atoms with Crippen molar-refractivity contribution in [3.63, 3.8) is 0 Å². The van der Waals surface area contributed by atoms with Gasteiger partial charge in [-0.15, -0.1) is 0 Å². The lowest BCUT2D eigenvalue weighted by molar-refractivity contribution is -0.143. The van der Waals surface area contributed by atoms with E-state index in [9.17, 15) is 14.4 Å². The van der Waals surface area contributed by atoms with Crippen LogP contribution in [-0.2, 0) is 14.3 Å². The van der Waals surface area contributed by atoms with Gasteiger partial charge >= 0.3 is 5.97 Å². The molecule has 1 aromatic carbocycles. The van der Waals surface area contributed by atoms with Crippen molar-refractivity contribution in [1.82, 2.24) is 5.32 Å². The molecule has 0 aliphatic carbocycles. The summed E-state index contributed by atoms with van der Waals surface area (Å²) in [5.41, 5.74) is 2.43. The molecule has 1 rings (SSSR count). The van der Waals surface area contributed by atoms with E-state index >= 15 is 0 Å². The Bertz CT molecular complexity index is 531. The number of Topliss-reactive ketones (excluding diaryl/α,β-unsaturated/α-hetero) is 1.